The largest absolute Gasteiger partial charge is 0.0613 e. The summed E-state index contributed by atoms with van der Waals surface area (Å²) < 4.78 is 0. The Morgan fingerprint density at radius 3 is 2.75 bits per heavy atom. The highest BCUT2D eigenvalue weighted by Crippen LogP contribution is 2.40. The predicted octanol–water partition coefficient (Wildman–Crippen LogP) is 4.81. The molecule has 0 fully saturated rings. The van der Waals surface area contributed by atoms with Crippen molar-refractivity contribution in [2.45, 2.75) is 64.7 Å². The van der Waals surface area contributed by atoms with Crippen molar-refractivity contribution < 1.29 is 0 Å². The smallest absolute Gasteiger partial charge is 0.0101 e. The zero-order chi connectivity index (χ0) is 11.8. The average molecular weight is 216 g/mol. The van der Waals surface area contributed by atoms with Crippen molar-refractivity contribution >= 4 is 0 Å². The Morgan fingerprint density at radius 2 is 2.06 bits per heavy atom. The predicted molar refractivity (Wildman–Crippen MR) is 71.1 cm³/mol. The van der Waals surface area contributed by atoms with Gasteiger partial charge in [-0.3, -0.25) is 0 Å². The van der Waals surface area contributed by atoms with Crippen LogP contribution in [0.5, 0.6) is 0 Å². The Bertz CT molecular complexity index is 374. The number of hydrogen-bond donors (Lipinski definition) is 0. The second-order valence-corrected chi connectivity index (χ2v) is 5.95. The van der Waals surface area contributed by atoms with E-state index < -0.39 is 0 Å². The first-order chi connectivity index (χ1) is 7.54. The highest BCUT2D eigenvalue weighted by molar-refractivity contribution is 5.40. The van der Waals surface area contributed by atoms with Crippen molar-refractivity contribution in [1.82, 2.24) is 0 Å². The summed E-state index contributed by atoms with van der Waals surface area (Å²) in [7, 11) is 0. The molecule has 0 saturated carbocycles. The quantitative estimate of drug-likeness (QED) is 0.591. The summed E-state index contributed by atoms with van der Waals surface area (Å²) in [6.07, 6.45) is 5.20. The van der Waals surface area contributed by atoms with Gasteiger partial charge in [-0.15, -0.1) is 0 Å². The molecular weight excluding hydrogens is 192 g/mol. The molecule has 0 saturated heterocycles. The summed E-state index contributed by atoms with van der Waals surface area (Å²) in [5.41, 5.74) is 5.06. The van der Waals surface area contributed by atoms with Gasteiger partial charge in [0, 0.05) is 0 Å². The Hall–Kier alpha value is -0.780. The van der Waals surface area contributed by atoms with Crippen molar-refractivity contribution in [3.05, 3.63) is 34.9 Å². The van der Waals surface area contributed by atoms with Gasteiger partial charge in [0.2, 0.25) is 0 Å². The molecule has 1 aliphatic rings. The first-order valence-corrected chi connectivity index (χ1v) is 6.68. The van der Waals surface area contributed by atoms with E-state index in [1.807, 2.05) is 0 Å². The monoisotopic (exact) mass is 216 g/mol. The van der Waals surface area contributed by atoms with Crippen LogP contribution in [0.1, 0.15) is 69.6 Å². The van der Waals surface area contributed by atoms with Crippen molar-refractivity contribution in [2.24, 2.45) is 0 Å². The molecule has 0 amide bonds. The third kappa shape index (κ3) is 2.03. The lowest BCUT2D eigenvalue weighted by Gasteiger charge is -2.26. The van der Waals surface area contributed by atoms with Crippen LogP contribution in [0.25, 0.3) is 0 Å². The molecule has 0 heteroatoms. The van der Waals surface area contributed by atoms with E-state index in [1.165, 1.54) is 24.8 Å². The average Bonchev–Trinajstić information content (AvgIpc) is 2.37. The third-order valence-electron chi connectivity index (χ3n) is 4.22. The molecule has 0 N–H and O–H groups in total. The topological polar surface area (TPSA) is 0 Å². The zero-order valence-electron chi connectivity index (χ0n) is 11.1. The van der Waals surface area contributed by atoms with Crippen LogP contribution in [0, 0.1) is 0 Å². The number of hydrogen-bond acceptors (Lipinski definition) is 0. The van der Waals surface area contributed by atoms with Gasteiger partial charge in [0.15, 0.2) is 0 Å². The maximum atomic E-state index is 2.46. The lowest BCUT2D eigenvalue weighted by atomic mass is 9.78. The SMILES string of the molecule is CCc1ccc2c(c1)C(C)(C)CCCC2C. The van der Waals surface area contributed by atoms with Gasteiger partial charge in [-0.2, -0.15) is 0 Å². The molecule has 1 unspecified atom stereocenters. The van der Waals surface area contributed by atoms with Gasteiger partial charge in [-0.1, -0.05) is 52.3 Å². The van der Waals surface area contributed by atoms with E-state index in [1.54, 1.807) is 11.1 Å². The normalized spacial score (nSPS) is 23.6. The Balaban J connectivity index is 2.54. The molecule has 2 rings (SSSR count). The number of aryl methyl sites for hydroxylation is 1. The molecular formula is C16H24. The molecule has 0 aromatic heterocycles. The summed E-state index contributed by atoms with van der Waals surface area (Å²) in [5.74, 6) is 0.739. The third-order valence-corrected chi connectivity index (χ3v) is 4.22. The lowest BCUT2D eigenvalue weighted by Crippen LogP contribution is -2.17. The van der Waals surface area contributed by atoms with Gasteiger partial charge in [0.1, 0.15) is 0 Å². The van der Waals surface area contributed by atoms with Crippen LogP contribution in [0.15, 0.2) is 18.2 Å². The van der Waals surface area contributed by atoms with Crippen LogP contribution in [-0.4, -0.2) is 0 Å². The van der Waals surface area contributed by atoms with E-state index in [4.69, 9.17) is 0 Å². The Morgan fingerprint density at radius 1 is 1.31 bits per heavy atom. The summed E-state index contributed by atoms with van der Waals surface area (Å²) in [5, 5.41) is 0. The summed E-state index contributed by atoms with van der Waals surface area (Å²) in [4.78, 5) is 0. The van der Waals surface area contributed by atoms with Gasteiger partial charge in [0.25, 0.3) is 0 Å². The number of rotatable bonds is 1. The molecule has 0 spiro atoms. The second kappa shape index (κ2) is 4.24. The van der Waals surface area contributed by atoms with Crippen LogP contribution >= 0.6 is 0 Å². The molecule has 0 nitrogen and oxygen atoms in total. The van der Waals surface area contributed by atoms with E-state index >= 15 is 0 Å². The Kier molecular flexibility index (Phi) is 3.10. The minimum absolute atomic E-state index is 0.366. The van der Waals surface area contributed by atoms with Crippen LogP contribution in [0.3, 0.4) is 0 Å². The zero-order valence-corrected chi connectivity index (χ0v) is 11.1. The molecule has 0 heterocycles. The van der Waals surface area contributed by atoms with Gasteiger partial charge in [-0.25, -0.2) is 0 Å². The van der Waals surface area contributed by atoms with Crippen molar-refractivity contribution in [1.29, 1.82) is 0 Å². The number of benzene rings is 1. The highest BCUT2D eigenvalue weighted by atomic mass is 14.3. The van der Waals surface area contributed by atoms with Crippen molar-refractivity contribution in [3.8, 4) is 0 Å². The van der Waals surface area contributed by atoms with Crippen LogP contribution in [0.4, 0.5) is 0 Å². The fourth-order valence-corrected chi connectivity index (χ4v) is 2.98. The van der Waals surface area contributed by atoms with E-state index in [0.29, 0.717) is 5.41 Å². The van der Waals surface area contributed by atoms with Gasteiger partial charge in [-0.05, 0) is 47.3 Å². The molecule has 1 atom stereocenters. The fraction of sp³-hybridized carbons (Fsp3) is 0.625. The minimum Gasteiger partial charge on any atom is -0.0613 e. The van der Waals surface area contributed by atoms with Gasteiger partial charge < -0.3 is 0 Å². The molecule has 1 aliphatic carbocycles. The van der Waals surface area contributed by atoms with E-state index in [9.17, 15) is 0 Å². The lowest BCUT2D eigenvalue weighted by molar-refractivity contribution is 0.464. The van der Waals surface area contributed by atoms with Gasteiger partial charge >= 0.3 is 0 Å². The first-order valence-electron chi connectivity index (χ1n) is 6.68. The Labute approximate surface area is 100 Å². The minimum atomic E-state index is 0.366. The molecule has 1 aromatic rings. The van der Waals surface area contributed by atoms with Gasteiger partial charge in [0.05, 0.1) is 0 Å². The molecule has 0 aliphatic heterocycles. The van der Waals surface area contributed by atoms with E-state index in [-0.39, 0.29) is 0 Å². The maximum Gasteiger partial charge on any atom is -0.0101 e. The van der Waals surface area contributed by atoms with E-state index in [2.05, 4.69) is 45.9 Å². The summed E-state index contributed by atoms with van der Waals surface area (Å²) in [6, 6.07) is 7.15. The van der Waals surface area contributed by atoms with Crippen molar-refractivity contribution in [3.63, 3.8) is 0 Å². The molecule has 0 bridgehead atoms. The summed E-state index contributed by atoms with van der Waals surface area (Å²) in [6.45, 7) is 9.44. The van der Waals surface area contributed by atoms with Crippen LogP contribution in [-0.2, 0) is 11.8 Å². The van der Waals surface area contributed by atoms with Crippen LogP contribution in [0.2, 0.25) is 0 Å². The molecule has 16 heavy (non-hydrogen) atoms. The summed E-state index contributed by atoms with van der Waals surface area (Å²) >= 11 is 0. The molecule has 1 aromatic carbocycles. The maximum absolute atomic E-state index is 2.46. The molecule has 0 radical (unpaired) electrons. The standard InChI is InChI=1S/C16H24/c1-5-13-8-9-14-12(2)7-6-10-16(3,4)15(14)11-13/h8-9,11-12H,5-7,10H2,1-4H3. The van der Waals surface area contributed by atoms with Crippen molar-refractivity contribution in [2.75, 3.05) is 0 Å². The van der Waals surface area contributed by atoms with Crippen LogP contribution < -0.4 is 0 Å². The molecule has 88 valence electrons. The second-order valence-electron chi connectivity index (χ2n) is 5.95. The van der Waals surface area contributed by atoms with E-state index in [0.717, 1.165) is 12.3 Å². The number of fused-ring (bicyclic) bond motifs is 1. The highest BCUT2D eigenvalue weighted by Gasteiger charge is 2.28. The first kappa shape index (κ1) is 11.7. The fourth-order valence-electron chi connectivity index (χ4n) is 2.98.